The fourth-order valence-electron chi connectivity index (χ4n) is 7.27. The second kappa shape index (κ2) is 24.0. The van der Waals surface area contributed by atoms with Gasteiger partial charge in [-0.1, -0.05) is 117 Å². The first-order valence-corrected chi connectivity index (χ1v) is 21.0. The Balaban J connectivity index is 0.935. The molecule has 5 rings (SSSR count). The molecular formula is C49H64N4O2. The third-order valence-electron chi connectivity index (χ3n) is 10.4. The van der Waals surface area contributed by atoms with E-state index >= 15 is 0 Å². The van der Waals surface area contributed by atoms with Crippen molar-refractivity contribution in [3.63, 3.8) is 0 Å². The second-order valence-electron chi connectivity index (χ2n) is 14.6. The van der Waals surface area contributed by atoms with Crippen LogP contribution in [0.5, 0.6) is 5.88 Å². The summed E-state index contributed by atoms with van der Waals surface area (Å²) in [6, 6.07) is 19.3. The third-order valence-corrected chi connectivity index (χ3v) is 10.4. The lowest BCUT2D eigenvalue weighted by molar-refractivity contribution is -0.118. The summed E-state index contributed by atoms with van der Waals surface area (Å²) in [6.45, 7) is 12.4. The molecule has 1 aromatic heterocycles. The molecule has 0 saturated carbocycles. The molecule has 2 aliphatic rings. The maximum absolute atomic E-state index is 13.4. The number of hydrogen-bond acceptors (Lipinski definition) is 5. The Labute approximate surface area is 331 Å². The van der Waals surface area contributed by atoms with Crippen LogP contribution in [0.2, 0.25) is 0 Å². The van der Waals surface area contributed by atoms with E-state index in [1.807, 2.05) is 6.07 Å². The van der Waals surface area contributed by atoms with Crippen molar-refractivity contribution in [2.75, 3.05) is 49.1 Å². The summed E-state index contributed by atoms with van der Waals surface area (Å²) in [4.78, 5) is 25.1. The first kappa shape index (κ1) is 41.5. The topological polar surface area (TPSA) is 48.9 Å². The molecule has 6 heteroatoms. The van der Waals surface area contributed by atoms with Gasteiger partial charge in [0.1, 0.15) is 5.82 Å². The lowest BCUT2D eigenvalue weighted by atomic mass is 10.0. The normalized spacial score (nSPS) is 15.5. The molecule has 1 fully saturated rings. The molecule has 2 aromatic carbocycles. The van der Waals surface area contributed by atoms with Crippen molar-refractivity contribution in [3.8, 4) is 5.88 Å². The van der Waals surface area contributed by atoms with Crippen LogP contribution >= 0.6 is 0 Å². The molecule has 0 spiro atoms. The van der Waals surface area contributed by atoms with Gasteiger partial charge >= 0.3 is 0 Å². The van der Waals surface area contributed by atoms with E-state index < -0.39 is 0 Å². The molecule has 1 saturated heterocycles. The molecule has 0 aliphatic carbocycles. The quantitative estimate of drug-likeness (QED) is 0.0758. The monoisotopic (exact) mass is 741 g/mol. The van der Waals surface area contributed by atoms with Crippen LogP contribution in [0.15, 0.2) is 128 Å². The van der Waals surface area contributed by atoms with Crippen LogP contribution in [0, 0.1) is 0 Å². The van der Waals surface area contributed by atoms with Crippen molar-refractivity contribution in [2.45, 2.75) is 96.8 Å². The predicted molar refractivity (Wildman–Crippen MR) is 234 cm³/mol. The van der Waals surface area contributed by atoms with Gasteiger partial charge in [-0.2, -0.15) is 4.98 Å². The van der Waals surface area contributed by atoms with Crippen LogP contribution in [-0.2, 0) is 11.2 Å². The second-order valence-corrected chi connectivity index (χ2v) is 14.6. The van der Waals surface area contributed by atoms with Gasteiger partial charge in [0.05, 0.1) is 6.61 Å². The number of benzene rings is 2. The highest BCUT2D eigenvalue weighted by Crippen LogP contribution is 2.33. The van der Waals surface area contributed by atoms with Crippen LogP contribution in [-0.4, -0.2) is 55.1 Å². The number of hydrogen-bond donors (Lipinski definition) is 0. The summed E-state index contributed by atoms with van der Waals surface area (Å²) in [5, 5.41) is 2.64. The van der Waals surface area contributed by atoms with E-state index in [0.29, 0.717) is 24.7 Å². The average molecular weight is 741 g/mol. The fourth-order valence-corrected chi connectivity index (χ4v) is 7.27. The van der Waals surface area contributed by atoms with E-state index in [9.17, 15) is 4.79 Å². The number of amides is 1. The van der Waals surface area contributed by atoms with Crippen molar-refractivity contribution in [3.05, 3.63) is 133 Å². The largest absolute Gasteiger partial charge is 0.478 e. The van der Waals surface area contributed by atoms with Gasteiger partial charge in [-0.25, -0.2) is 0 Å². The number of rotatable bonds is 22. The van der Waals surface area contributed by atoms with E-state index in [4.69, 9.17) is 9.72 Å². The number of carbonyl (C=O) groups excluding carboxylic acids is 1. The molecule has 2 aliphatic heterocycles. The van der Waals surface area contributed by atoms with Crippen LogP contribution in [0.25, 0.3) is 10.8 Å². The molecular weight excluding hydrogens is 677 g/mol. The van der Waals surface area contributed by atoms with Gasteiger partial charge in [0.25, 0.3) is 0 Å². The summed E-state index contributed by atoms with van der Waals surface area (Å²) < 4.78 is 6.12. The van der Waals surface area contributed by atoms with E-state index in [1.54, 1.807) is 4.90 Å². The molecule has 0 atom stereocenters. The molecule has 3 heterocycles. The Morgan fingerprint density at radius 2 is 1.42 bits per heavy atom. The summed E-state index contributed by atoms with van der Waals surface area (Å²) in [6.07, 6.45) is 35.6. The number of pyridine rings is 1. The molecule has 6 nitrogen and oxygen atoms in total. The minimum atomic E-state index is 0.0889. The van der Waals surface area contributed by atoms with Crippen molar-refractivity contribution >= 4 is 28.2 Å². The number of carbonyl (C=O) groups is 1. The maximum Gasteiger partial charge on any atom is 0.232 e. The van der Waals surface area contributed by atoms with Gasteiger partial charge in [-0.15, -0.1) is 0 Å². The number of unbranched alkanes of at least 4 members (excludes halogenated alkanes) is 4. The lowest BCUT2D eigenvalue weighted by Crippen LogP contribution is -2.46. The average Bonchev–Trinajstić information content (AvgIpc) is 3.21. The standard InChI is InChI=1S/C49H64N4O2/c1-3-4-5-6-7-8-9-10-11-12-13-14-15-16-17-18-19-20-21-31-48(54)53-42(2)32-33-44-34-35-47(50-49(44)53)55-41-25-24-36-51-37-39-52(40-38-51)46-30-26-28-43-27-22-23-29-45(43)46/h4-5,7-8,10-11,13-14,16-17,22-23,26-30,34-35H,2-3,6,9,12,15,18-21,24-25,31-33,36-41H2,1H3/b5-4-,8-7-,11-10-,14-13-,17-16-. The lowest BCUT2D eigenvalue weighted by Gasteiger charge is -2.36. The first-order valence-electron chi connectivity index (χ1n) is 21.0. The molecule has 292 valence electrons. The molecule has 0 unspecified atom stereocenters. The van der Waals surface area contributed by atoms with Gasteiger partial charge < -0.3 is 9.64 Å². The number of aromatic nitrogens is 1. The van der Waals surface area contributed by atoms with Crippen LogP contribution in [0.4, 0.5) is 11.5 Å². The Morgan fingerprint density at radius 3 is 2.16 bits per heavy atom. The number of anilines is 2. The van der Waals surface area contributed by atoms with Gasteiger partial charge in [0.2, 0.25) is 11.8 Å². The molecule has 0 radical (unpaired) electrons. The molecule has 0 N–H and O–H groups in total. The Kier molecular flexibility index (Phi) is 18.1. The Morgan fingerprint density at radius 1 is 0.727 bits per heavy atom. The molecule has 1 amide bonds. The highest BCUT2D eigenvalue weighted by atomic mass is 16.5. The smallest absolute Gasteiger partial charge is 0.232 e. The van der Waals surface area contributed by atoms with Crippen molar-refractivity contribution in [1.29, 1.82) is 0 Å². The number of aryl methyl sites for hydroxylation is 1. The Bertz CT molecular complexity index is 1770. The van der Waals surface area contributed by atoms with E-state index in [-0.39, 0.29) is 5.91 Å². The van der Waals surface area contributed by atoms with Gasteiger partial charge in [0.15, 0.2) is 0 Å². The fraction of sp³-hybridized carbons (Fsp3) is 0.429. The maximum atomic E-state index is 13.4. The molecule has 55 heavy (non-hydrogen) atoms. The van der Waals surface area contributed by atoms with E-state index in [0.717, 1.165) is 127 Å². The highest BCUT2D eigenvalue weighted by molar-refractivity contribution is 5.96. The highest BCUT2D eigenvalue weighted by Gasteiger charge is 2.27. The minimum absolute atomic E-state index is 0.0889. The number of fused-ring (bicyclic) bond motifs is 2. The van der Waals surface area contributed by atoms with Gasteiger partial charge in [-0.05, 0) is 107 Å². The van der Waals surface area contributed by atoms with Crippen molar-refractivity contribution < 1.29 is 9.53 Å². The van der Waals surface area contributed by atoms with Crippen molar-refractivity contribution in [2.24, 2.45) is 0 Å². The molecule has 3 aromatic rings. The third kappa shape index (κ3) is 13.8. The SMILES string of the molecule is C=C1CCc2ccc(OCCCCN3CCN(c4cccc5ccccc45)CC3)nc2N1C(=O)CCCCC/C=C\C/C=C\C/C=C\C/C=C\C/C=C\CC. The van der Waals surface area contributed by atoms with Crippen LogP contribution in [0.3, 0.4) is 0 Å². The summed E-state index contributed by atoms with van der Waals surface area (Å²) >= 11 is 0. The summed E-state index contributed by atoms with van der Waals surface area (Å²) in [5.74, 6) is 1.39. The van der Waals surface area contributed by atoms with E-state index in [2.05, 4.69) is 133 Å². The van der Waals surface area contributed by atoms with Crippen molar-refractivity contribution in [1.82, 2.24) is 9.88 Å². The summed E-state index contributed by atoms with van der Waals surface area (Å²) in [7, 11) is 0. The number of allylic oxidation sites excluding steroid dienone is 11. The van der Waals surface area contributed by atoms with Crippen LogP contribution in [0.1, 0.15) is 96.0 Å². The zero-order valence-corrected chi connectivity index (χ0v) is 33.4. The minimum Gasteiger partial charge on any atom is -0.478 e. The molecule has 0 bridgehead atoms. The number of piperazine rings is 1. The first-order chi connectivity index (χ1) is 27.1. The van der Waals surface area contributed by atoms with Crippen LogP contribution < -0.4 is 14.5 Å². The van der Waals surface area contributed by atoms with E-state index in [1.165, 1.54) is 16.5 Å². The zero-order valence-electron chi connectivity index (χ0n) is 33.4. The van der Waals surface area contributed by atoms with Gasteiger partial charge in [-0.3, -0.25) is 14.6 Å². The number of ether oxygens (including phenoxy) is 1. The predicted octanol–water partition coefficient (Wildman–Crippen LogP) is 11.7. The number of nitrogens with zero attached hydrogens (tertiary/aromatic N) is 4. The van der Waals surface area contributed by atoms with Gasteiger partial charge in [0, 0.05) is 55.4 Å². The summed E-state index contributed by atoms with van der Waals surface area (Å²) in [5.41, 5.74) is 3.27. The zero-order chi connectivity index (χ0) is 38.3. The Hall–Kier alpha value is -4.68.